The van der Waals surface area contributed by atoms with Crippen LogP contribution in [0, 0.1) is 22.7 Å². The number of nitriles is 1. The Morgan fingerprint density at radius 3 is 2.38 bits per heavy atom. The minimum absolute atomic E-state index is 0.0177. The van der Waals surface area contributed by atoms with Crippen LogP contribution in [0.25, 0.3) is 0 Å². The molecule has 1 spiro atoms. The number of hydrogen-bond acceptors (Lipinski definition) is 4. The number of rotatable bonds is 4. The molecule has 2 heterocycles. The van der Waals surface area contributed by atoms with E-state index in [0.717, 1.165) is 45.1 Å². The van der Waals surface area contributed by atoms with Gasteiger partial charge in [0.1, 0.15) is 11.5 Å². The van der Waals surface area contributed by atoms with Crippen molar-refractivity contribution < 1.29 is 14.3 Å². The molecule has 2 saturated heterocycles. The molecule has 0 radical (unpaired) electrons. The third kappa shape index (κ3) is 3.34. The molecule has 6 nitrogen and oxygen atoms in total. The summed E-state index contributed by atoms with van der Waals surface area (Å²) < 4.78 is 6.19. The van der Waals surface area contributed by atoms with Crippen LogP contribution in [0.3, 0.4) is 0 Å². The van der Waals surface area contributed by atoms with Crippen molar-refractivity contribution >= 4 is 11.8 Å². The number of hydrogen-bond donors (Lipinski definition) is 1. The van der Waals surface area contributed by atoms with Crippen molar-refractivity contribution in [3.8, 4) is 6.07 Å². The van der Waals surface area contributed by atoms with E-state index in [4.69, 9.17) is 4.74 Å². The summed E-state index contributed by atoms with van der Waals surface area (Å²) in [6, 6.07) is 2.31. The highest BCUT2D eigenvalue weighted by Gasteiger charge is 2.49. The van der Waals surface area contributed by atoms with Crippen LogP contribution in [0.4, 0.5) is 0 Å². The second-order valence-corrected chi connectivity index (χ2v) is 8.71. The predicted molar refractivity (Wildman–Crippen MR) is 94.9 cm³/mol. The third-order valence-electron chi connectivity index (χ3n) is 6.85. The van der Waals surface area contributed by atoms with Crippen molar-refractivity contribution in [1.82, 2.24) is 10.2 Å². The van der Waals surface area contributed by atoms with E-state index in [-0.39, 0.29) is 23.5 Å². The Morgan fingerprint density at radius 2 is 1.77 bits per heavy atom. The molecule has 2 amide bonds. The molecule has 2 aliphatic carbocycles. The first-order valence-corrected chi connectivity index (χ1v) is 10.2. The summed E-state index contributed by atoms with van der Waals surface area (Å²) >= 11 is 0. The van der Waals surface area contributed by atoms with Gasteiger partial charge in [0.25, 0.3) is 0 Å². The number of amides is 2. The SMILES string of the molecule is N#CC1(C(=O)N2CCC3(CCC(C(=O)NCC4CC4)O3)CC2)CCCC1. The van der Waals surface area contributed by atoms with Gasteiger partial charge in [-0.2, -0.15) is 5.26 Å². The van der Waals surface area contributed by atoms with Crippen LogP contribution in [-0.4, -0.2) is 48.1 Å². The topological polar surface area (TPSA) is 82.4 Å². The number of piperidine rings is 1. The summed E-state index contributed by atoms with van der Waals surface area (Å²) in [5, 5.41) is 12.6. The van der Waals surface area contributed by atoms with Gasteiger partial charge >= 0.3 is 0 Å². The Hall–Kier alpha value is -1.61. The Balaban J connectivity index is 1.30. The highest BCUT2D eigenvalue weighted by Crippen LogP contribution is 2.43. The maximum absolute atomic E-state index is 12.9. The fraction of sp³-hybridized carbons (Fsp3) is 0.850. The molecule has 4 fully saturated rings. The third-order valence-corrected chi connectivity index (χ3v) is 6.85. The van der Waals surface area contributed by atoms with Gasteiger partial charge in [0.15, 0.2) is 0 Å². The van der Waals surface area contributed by atoms with Gasteiger partial charge in [-0.05, 0) is 57.3 Å². The summed E-state index contributed by atoms with van der Waals surface area (Å²) in [5.74, 6) is 0.720. The zero-order valence-electron chi connectivity index (χ0n) is 15.5. The molecule has 4 aliphatic rings. The van der Waals surface area contributed by atoms with Gasteiger partial charge in [-0.1, -0.05) is 12.8 Å². The average Bonchev–Trinajstić information content (AvgIpc) is 3.21. The maximum Gasteiger partial charge on any atom is 0.249 e. The van der Waals surface area contributed by atoms with Gasteiger partial charge in [0.2, 0.25) is 11.8 Å². The smallest absolute Gasteiger partial charge is 0.249 e. The molecular formula is C20H29N3O3. The molecule has 6 heteroatoms. The van der Waals surface area contributed by atoms with E-state index < -0.39 is 5.41 Å². The van der Waals surface area contributed by atoms with E-state index in [0.29, 0.717) is 31.8 Å². The molecule has 2 aliphatic heterocycles. The van der Waals surface area contributed by atoms with Crippen LogP contribution < -0.4 is 5.32 Å². The van der Waals surface area contributed by atoms with Crippen molar-refractivity contribution in [2.45, 2.75) is 75.9 Å². The van der Waals surface area contributed by atoms with Crippen molar-refractivity contribution in [3.05, 3.63) is 0 Å². The van der Waals surface area contributed by atoms with Gasteiger partial charge in [-0.25, -0.2) is 0 Å². The van der Waals surface area contributed by atoms with E-state index in [1.54, 1.807) is 0 Å². The lowest BCUT2D eigenvalue weighted by molar-refractivity contribution is -0.150. The fourth-order valence-corrected chi connectivity index (χ4v) is 4.82. The molecule has 1 N–H and O–H groups in total. The van der Waals surface area contributed by atoms with Crippen molar-refractivity contribution in [2.75, 3.05) is 19.6 Å². The highest BCUT2D eigenvalue weighted by molar-refractivity contribution is 5.86. The molecule has 1 unspecified atom stereocenters. The molecule has 2 saturated carbocycles. The van der Waals surface area contributed by atoms with E-state index in [1.807, 2.05) is 4.90 Å². The zero-order valence-corrected chi connectivity index (χ0v) is 15.5. The molecule has 0 aromatic carbocycles. The summed E-state index contributed by atoms with van der Waals surface area (Å²) in [6.45, 7) is 2.06. The quantitative estimate of drug-likeness (QED) is 0.834. The second-order valence-electron chi connectivity index (χ2n) is 8.71. The molecule has 0 aromatic heterocycles. The average molecular weight is 359 g/mol. The highest BCUT2D eigenvalue weighted by atomic mass is 16.5. The number of nitrogens with zero attached hydrogens (tertiary/aromatic N) is 2. The van der Waals surface area contributed by atoms with Crippen LogP contribution in [0.15, 0.2) is 0 Å². The van der Waals surface area contributed by atoms with Crippen molar-refractivity contribution in [3.63, 3.8) is 0 Å². The van der Waals surface area contributed by atoms with Crippen LogP contribution in [0.1, 0.15) is 64.2 Å². The van der Waals surface area contributed by atoms with Crippen LogP contribution in [0.5, 0.6) is 0 Å². The molecule has 26 heavy (non-hydrogen) atoms. The van der Waals surface area contributed by atoms with Gasteiger partial charge in [-0.3, -0.25) is 9.59 Å². The van der Waals surface area contributed by atoms with Gasteiger partial charge in [-0.15, -0.1) is 0 Å². The predicted octanol–water partition coefficient (Wildman–Crippen LogP) is 2.14. The summed E-state index contributed by atoms with van der Waals surface area (Å²) in [7, 11) is 0. The minimum atomic E-state index is -0.785. The van der Waals surface area contributed by atoms with E-state index in [2.05, 4.69) is 11.4 Å². The Kier molecular flexibility index (Phi) is 4.68. The van der Waals surface area contributed by atoms with E-state index >= 15 is 0 Å². The Labute approximate surface area is 155 Å². The lowest BCUT2D eigenvalue weighted by atomic mass is 9.83. The second kappa shape index (κ2) is 6.84. The van der Waals surface area contributed by atoms with Crippen molar-refractivity contribution in [1.29, 1.82) is 5.26 Å². The van der Waals surface area contributed by atoms with Crippen LogP contribution in [-0.2, 0) is 14.3 Å². The lowest BCUT2D eigenvalue weighted by Gasteiger charge is -2.41. The molecular weight excluding hydrogens is 330 g/mol. The first kappa shape index (κ1) is 17.8. The largest absolute Gasteiger partial charge is 0.362 e. The van der Waals surface area contributed by atoms with Crippen molar-refractivity contribution in [2.24, 2.45) is 11.3 Å². The molecule has 1 atom stereocenters. The maximum atomic E-state index is 12.9. The number of likely N-dealkylation sites (tertiary alicyclic amines) is 1. The number of nitrogens with one attached hydrogen (secondary N) is 1. The monoisotopic (exact) mass is 359 g/mol. The number of carbonyl (C=O) groups is 2. The Bertz CT molecular complexity index is 608. The van der Waals surface area contributed by atoms with Gasteiger partial charge in [0.05, 0.1) is 11.7 Å². The zero-order chi connectivity index (χ0) is 18.2. The van der Waals surface area contributed by atoms with Gasteiger partial charge in [0, 0.05) is 19.6 Å². The Morgan fingerprint density at radius 1 is 1.08 bits per heavy atom. The van der Waals surface area contributed by atoms with E-state index in [9.17, 15) is 14.9 Å². The molecule has 0 bridgehead atoms. The first-order chi connectivity index (χ1) is 12.6. The minimum Gasteiger partial charge on any atom is -0.362 e. The first-order valence-electron chi connectivity index (χ1n) is 10.2. The van der Waals surface area contributed by atoms with Crippen LogP contribution >= 0.6 is 0 Å². The summed E-state index contributed by atoms with van der Waals surface area (Å²) in [5.41, 5.74) is -1.04. The van der Waals surface area contributed by atoms with Crippen LogP contribution in [0.2, 0.25) is 0 Å². The molecule has 0 aromatic rings. The molecule has 142 valence electrons. The van der Waals surface area contributed by atoms with Gasteiger partial charge < -0.3 is 15.0 Å². The number of ether oxygens (including phenoxy) is 1. The summed E-state index contributed by atoms with van der Waals surface area (Å²) in [6.07, 6.45) is 8.65. The lowest BCUT2D eigenvalue weighted by Crippen LogP contribution is -2.51. The molecule has 4 rings (SSSR count). The normalized spacial score (nSPS) is 29.5. The fourth-order valence-electron chi connectivity index (χ4n) is 4.82. The summed E-state index contributed by atoms with van der Waals surface area (Å²) in [4.78, 5) is 27.0. The standard InChI is InChI=1S/C20H29N3O3/c21-14-19(6-1-2-7-19)18(25)23-11-9-20(10-12-23)8-5-16(26-20)17(24)22-13-15-3-4-15/h15-16H,1-13H2,(H,22,24). The number of carbonyl (C=O) groups excluding carboxylic acids is 2. The van der Waals surface area contributed by atoms with E-state index in [1.165, 1.54) is 12.8 Å².